The van der Waals surface area contributed by atoms with Crippen molar-refractivity contribution in [1.82, 2.24) is 14.6 Å². The summed E-state index contributed by atoms with van der Waals surface area (Å²) in [6.07, 6.45) is 0.628. The molecule has 5 nitrogen and oxygen atoms in total. The average Bonchev–Trinajstić information content (AvgIpc) is 2.89. The maximum atomic E-state index is 11.7. The molecule has 2 heterocycles. The van der Waals surface area contributed by atoms with Crippen LogP contribution < -0.4 is 0 Å². The first-order valence-electron chi connectivity index (χ1n) is 6.25. The van der Waals surface area contributed by atoms with Gasteiger partial charge in [0.2, 0.25) is 0 Å². The first-order valence-corrected chi connectivity index (χ1v) is 6.25. The molecule has 20 heavy (non-hydrogen) atoms. The molecule has 0 bridgehead atoms. The van der Waals surface area contributed by atoms with Gasteiger partial charge < -0.3 is 4.74 Å². The number of aromatic nitrogens is 3. The zero-order valence-electron chi connectivity index (χ0n) is 11.0. The van der Waals surface area contributed by atoms with E-state index in [1.807, 2.05) is 36.4 Å². The number of esters is 1. The number of carbonyl (C=O) groups is 1. The van der Waals surface area contributed by atoms with Gasteiger partial charge in [-0.15, -0.1) is 0 Å². The highest BCUT2D eigenvalue weighted by Gasteiger charge is 2.13. The van der Waals surface area contributed by atoms with E-state index in [0.717, 1.165) is 5.56 Å². The van der Waals surface area contributed by atoms with Crippen LogP contribution in [0, 0.1) is 0 Å². The molecule has 0 spiro atoms. The molecule has 2 aromatic heterocycles. The Bertz CT molecular complexity index is 750. The summed E-state index contributed by atoms with van der Waals surface area (Å²) < 4.78 is 6.26. The molecular formula is C15H13N3O2. The molecule has 0 fully saturated rings. The van der Waals surface area contributed by atoms with Crippen LogP contribution in [0.25, 0.3) is 5.65 Å². The third-order valence-electron chi connectivity index (χ3n) is 3.00. The standard InChI is InChI=1S/C15H13N3O2/c1-20-15(19)12-8-5-9-14-16-13(17-18(12)14)10-11-6-3-2-4-7-11/h2-9H,10H2,1H3. The Kier molecular flexibility index (Phi) is 3.16. The number of nitrogens with zero attached hydrogens (tertiary/aromatic N) is 3. The summed E-state index contributed by atoms with van der Waals surface area (Å²) in [4.78, 5) is 16.1. The van der Waals surface area contributed by atoms with Crippen LogP contribution in [-0.2, 0) is 11.2 Å². The average molecular weight is 267 g/mol. The number of ether oxygens (including phenoxy) is 1. The Hall–Kier alpha value is -2.69. The van der Waals surface area contributed by atoms with Crippen molar-refractivity contribution in [3.05, 3.63) is 65.6 Å². The maximum absolute atomic E-state index is 11.7. The minimum absolute atomic E-state index is 0.372. The third-order valence-corrected chi connectivity index (χ3v) is 3.00. The van der Waals surface area contributed by atoms with Crippen LogP contribution in [0.2, 0.25) is 0 Å². The lowest BCUT2D eigenvalue weighted by molar-refractivity contribution is 0.0591. The van der Waals surface area contributed by atoms with Crippen LogP contribution in [0.4, 0.5) is 0 Å². The Morgan fingerprint density at radius 2 is 1.95 bits per heavy atom. The molecule has 0 saturated carbocycles. The molecule has 0 radical (unpaired) electrons. The van der Waals surface area contributed by atoms with Crippen molar-refractivity contribution in [3.63, 3.8) is 0 Å². The zero-order chi connectivity index (χ0) is 13.9. The second-order valence-electron chi connectivity index (χ2n) is 4.36. The van der Waals surface area contributed by atoms with Crippen molar-refractivity contribution in [3.8, 4) is 0 Å². The lowest BCUT2D eigenvalue weighted by Crippen LogP contribution is -2.08. The largest absolute Gasteiger partial charge is 0.464 e. The molecule has 0 unspecified atom stereocenters. The molecule has 0 saturated heterocycles. The van der Waals surface area contributed by atoms with Crippen LogP contribution >= 0.6 is 0 Å². The molecular weight excluding hydrogens is 254 g/mol. The molecule has 0 aliphatic heterocycles. The fourth-order valence-corrected chi connectivity index (χ4v) is 2.06. The third kappa shape index (κ3) is 2.25. The number of carbonyl (C=O) groups excluding carboxylic acids is 1. The maximum Gasteiger partial charge on any atom is 0.356 e. The van der Waals surface area contributed by atoms with Crippen molar-refractivity contribution in [2.24, 2.45) is 0 Å². The monoisotopic (exact) mass is 267 g/mol. The normalized spacial score (nSPS) is 10.7. The minimum atomic E-state index is -0.424. The molecule has 3 aromatic rings. The van der Waals surface area contributed by atoms with Crippen molar-refractivity contribution in [2.45, 2.75) is 6.42 Å². The molecule has 100 valence electrons. The van der Waals surface area contributed by atoms with Crippen LogP contribution in [-0.4, -0.2) is 27.7 Å². The van der Waals surface area contributed by atoms with Crippen LogP contribution in [0.5, 0.6) is 0 Å². The predicted octanol–water partition coefficient (Wildman–Crippen LogP) is 2.11. The van der Waals surface area contributed by atoms with Gasteiger partial charge in [0.05, 0.1) is 7.11 Å². The Morgan fingerprint density at radius 1 is 1.15 bits per heavy atom. The number of pyridine rings is 1. The Morgan fingerprint density at radius 3 is 2.70 bits per heavy atom. The lowest BCUT2D eigenvalue weighted by atomic mass is 10.1. The second kappa shape index (κ2) is 5.13. The highest BCUT2D eigenvalue weighted by atomic mass is 16.5. The minimum Gasteiger partial charge on any atom is -0.464 e. The van der Waals surface area contributed by atoms with Crippen molar-refractivity contribution >= 4 is 11.6 Å². The second-order valence-corrected chi connectivity index (χ2v) is 4.36. The van der Waals surface area contributed by atoms with Gasteiger partial charge in [0.25, 0.3) is 0 Å². The van der Waals surface area contributed by atoms with E-state index in [9.17, 15) is 4.79 Å². The summed E-state index contributed by atoms with van der Waals surface area (Å²) in [7, 11) is 1.35. The van der Waals surface area contributed by atoms with Gasteiger partial charge in [-0.25, -0.2) is 14.3 Å². The first kappa shape index (κ1) is 12.3. The highest BCUT2D eigenvalue weighted by molar-refractivity contribution is 5.88. The number of hydrogen-bond acceptors (Lipinski definition) is 4. The Balaban J connectivity index is 2.00. The smallest absolute Gasteiger partial charge is 0.356 e. The van der Waals surface area contributed by atoms with Gasteiger partial charge >= 0.3 is 5.97 Å². The van der Waals surface area contributed by atoms with E-state index in [-0.39, 0.29) is 0 Å². The van der Waals surface area contributed by atoms with Gasteiger partial charge in [-0.3, -0.25) is 0 Å². The van der Waals surface area contributed by atoms with Crippen molar-refractivity contribution in [2.75, 3.05) is 7.11 Å². The number of methoxy groups -OCH3 is 1. The van der Waals surface area contributed by atoms with E-state index >= 15 is 0 Å². The van der Waals surface area contributed by atoms with Gasteiger partial charge in [0.1, 0.15) is 0 Å². The summed E-state index contributed by atoms with van der Waals surface area (Å²) in [6.45, 7) is 0. The summed E-state index contributed by atoms with van der Waals surface area (Å²) in [6, 6.07) is 15.2. The molecule has 0 aliphatic carbocycles. The quantitative estimate of drug-likeness (QED) is 0.682. The number of hydrogen-bond donors (Lipinski definition) is 0. The number of benzene rings is 1. The predicted molar refractivity (Wildman–Crippen MR) is 73.6 cm³/mol. The molecule has 1 aromatic carbocycles. The molecule has 0 amide bonds. The van der Waals surface area contributed by atoms with Gasteiger partial charge in [-0.2, -0.15) is 5.10 Å². The van der Waals surface area contributed by atoms with Gasteiger partial charge in [0.15, 0.2) is 17.2 Å². The summed E-state index contributed by atoms with van der Waals surface area (Å²) in [5.41, 5.74) is 2.14. The van der Waals surface area contributed by atoms with E-state index in [0.29, 0.717) is 23.6 Å². The molecule has 0 aliphatic rings. The summed E-state index contributed by atoms with van der Waals surface area (Å²) in [5, 5.41) is 4.38. The van der Waals surface area contributed by atoms with Gasteiger partial charge in [-0.05, 0) is 17.7 Å². The SMILES string of the molecule is COC(=O)c1cccc2nc(Cc3ccccc3)nn12. The molecule has 0 atom stereocenters. The van der Waals surface area contributed by atoms with E-state index in [2.05, 4.69) is 10.1 Å². The van der Waals surface area contributed by atoms with E-state index in [4.69, 9.17) is 4.74 Å². The van der Waals surface area contributed by atoms with Crippen molar-refractivity contribution in [1.29, 1.82) is 0 Å². The molecule has 5 heteroatoms. The van der Waals surface area contributed by atoms with Crippen LogP contribution in [0.3, 0.4) is 0 Å². The lowest BCUT2D eigenvalue weighted by Gasteiger charge is -2.00. The number of fused-ring (bicyclic) bond motifs is 1. The zero-order valence-corrected chi connectivity index (χ0v) is 11.0. The molecule has 3 rings (SSSR count). The number of rotatable bonds is 3. The van der Waals surface area contributed by atoms with Gasteiger partial charge in [0, 0.05) is 6.42 Å². The molecule has 0 N–H and O–H groups in total. The highest BCUT2D eigenvalue weighted by Crippen LogP contribution is 2.10. The van der Waals surface area contributed by atoms with E-state index in [1.165, 1.54) is 11.6 Å². The fraction of sp³-hybridized carbons (Fsp3) is 0.133. The van der Waals surface area contributed by atoms with Crippen LogP contribution in [0.1, 0.15) is 21.9 Å². The van der Waals surface area contributed by atoms with E-state index < -0.39 is 5.97 Å². The summed E-state index contributed by atoms with van der Waals surface area (Å²) >= 11 is 0. The van der Waals surface area contributed by atoms with Crippen molar-refractivity contribution < 1.29 is 9.53 Å². The first-order chi connectivity index (χ1) is 9.78. The fourth-order valence-electron chi connectivity index (χ4n) is 2.06. The van der Waals surface area contributed by atoms with Gasteiger partial charge in [-0.1, -0.05) is 36.4 Å². The van der Waals surface area contributed by atoms with E-state index in [1.54, 1.807) is 12.1 Å². The topological polar surface area (TPSA) is 56.5 Å². The van der Waals surface area contributed by atoms with Crippen LogP contribution in [0.15, 0.2) is 48.5 Å². The Labute approximate surface area is 115 Å². The summed E-state index contributed by atoms with van der Waals surface area (Å²) in [5.74, 6) is 0.249.